The largest absolute Gasteiger partial charge is 0.325 e. The van der Waals surface area contributed by atoms with Crippen LogP contribution < -0.4 is 5.32 Å². The Labute approximate surface area is 125 Å². The second-order valence-electron chi connectivity index (χ2n) is 5.07. The van der Waals surface area contributed by atoms with E-state index < -0.39 is 0 Å². The second kappa shape index (κ2) is 6.95. The first-order chi connectivity index (χ1) is 10.1. The fourth-order valence-electron chi connectivity index (χ4n) is 1.94. The summed E-state index contributed by atoms with van der Waals surface area (Å²) < 4.78 is 0. The van der Waals surface area contributed by atoms with Crippen molar-refractivity contribution in [3.05, 3.63) is 42.4 Å². The van der Waals surface area contributed by atoms with Gasteiger partial charge in [-0.1, -0.05) is 19.1 Å². The molecular formula is C16H20N4O. The van der Waals surface area contributed by atoms with Crippen molar-refractivity contribution < 1.29 is 4.79 Å². The maximum Gasteiger partial charge on any atom is 0.238 e. The van der Waals surface area contributed by atoms with Crippen molar-refractivity contribution in [3.63, 3.8) is 0 Å². The number of anilines is 1. The average Bonchev–Trinajstić information content (AvgIpc) is 2.47. The zero-order valence-corrected chi connectivity index (χ0v) is 12.6. The van der Waals surface area contributed by atoms with E-state index in [0.717, 1.165) is 29.2 Å². The lowest BCUT2D eigenvalue weighted by Gasteiger charge is -2.10. The maximum absolute atomic E-state index is 11.7. The van der Waals surface area contributed by atoms with E-state index in [-0.39, 0.29) is 5.91 Å². The number of nitrogens with one attached hydrogen (secondary N) is 1. The predicted molar refractivity (Wildman–Crippen MR) is 84.0 cm³/mol. The summed E-state index contributed by atoms with van der Waals surface area (Å²) in [6.07, 6.45) is 2.58. The van der Waals surface area contributed by atoms with Gasteiger partial charge in [0.15, 0.2) is 0 Å². The summed E-state index contributed by atoms with van der Waals surface area (Å²) >= 11 is 0. The number of carbonyl (C=O) groups is 1. The van der Waals surface area contributed by atoms with Crippen molar-refractivity contribution in [2.24, 2.45) is 0 Å². The highest BCUT2D eigenvalue weighted by atomic mass is 16.2. The molecule has 1 amide bonds. The number of hydrogen-bond donors (Lipinski definition) is 1. The van der Waals surface area contributed by atoms with Gasteiger partial charge in [0.25, 0.3) is 0 Å². The standard InChI is InChI=1S/C16H20N4O/c1-4-15-17-10-9-14(19-15)12-5-7-13(8-6-12)18-16(21)11-20(2)3/h5-10H,4,11H2,1-3H3,(H,18,21). The average molecular weight is 284 g/mol. The Morgan fingerprint density at radius 1 is 1.19 bits per heavy atom. The van der Waals surface area contributed by atoms with Crippen LogP contribution in [0.25, 0.3) is 11.3 Å². The lowest BCUT2D eigenvalue weighted by atomic mass is 10.1. The number of benzene rings is 1. The molecule has 110 valence electrons. The number of nitrogens with zero attached hydrogens (tertiary/aromatic N) is 3. The molecule has 0 atom stereocenters. The number of aromatic nitrogens is 2. The first kappa shape index (κ1) is 15.1. The number of carbonyl (C=O) groups excluding carboxylic acids is 1. The molecule has 5 nitrogen and oxygen atoms in total. The van der Waals surface area contributed by atoms with E-state index in [1.54, 1.807) is 6.20 Å². The van der Waals surface area contributed by atoms with E-state index in [0.29, 0.717) is 6.54 Å². The summed E-state index contributed by atoms with van der Waals surface area (Å²) in [6.45, 7) is 2.40. The van der Waals surface area contributed by atoms with Crippen LogP contribution >= 0.6 is 0 Å². The predicted octanol–water partition coefficient (Wildman–Crippen LogP) is 2.21. The van der Waals surface area contributed by atoms with Crippen molar-refractivity contribution in [2.45, 2.75) is 13.3 Å². The zero-order valence-electron chi connectivity index (χ0n) is 12.6. The van der Waals surface area contributed by atoms with E-state index >= 15 is 0 Å². The number of hydrogen-bond acceptors (Lipinski definition) is 4. The smallest absolute Gasteiger partial charge is 0.238 e. The third-order valence-electron chi connectivity index (χ3n) is 2.95. The molecule has 0 aliphatic heterocycles. The van der Waals surface area contributed by atoms with E-state index in [4.69, 9.17) is 0 Å². The van der Waals surface area contributed by atoms with Gasteiger partial charge in [-0.05, 0) is 32.3 Å². The summed E-state index contributed by atoms with van der Waals surface area (Å²) in [5.41, 5.74) is 2.70. The molecule has 2 aromatic rings. The van der Waals surface area contributed by atoms with Crippen molar-refractivity contribution in [2.75, 3.05) is 26.0 Å². The van der Waals surface area contributed by atoms with Gasteiger partial charge in [0.05, 0.1) is 12.2 Å². The minimum Gasteiger partial charge on any atom is -0.325 e. The Hall–Kier alpha value is -2.27. The van der Waals surface area contributed by atoms with Gasteiger partial charge in [-0.15, -0.1) is 0 Å². The Balaban J connectivity index is 2.09. The van der Waals surface area contributed by atoms with Crippen LogP contribution in [0.2, 0.25) is 0 Å². The van der Waals surface area contributed by atoms with Crippen LogP contribution in [0, 0.1) is 0 Å². The molecule has 1 aromatic heterocycles. The monoisotopic (exact) mass is 284 g/mol. The molecule has 0 saturated heterocycles. The molecule has 0 fully saturated rings. The van der Waals surface area contributed by atoms with Crippen molar-refractivity contribution in [1.29, 1.82) is 0 Å². The maximum atomic E-state index is 11.7. The van der Waals surface area contributed by atoms with E-state index in [1.165, 1.54) is 0 Å². The first-order valence-corrected chi connectivity index (χ1v) is 6.95. The Morgan fingerprint density at radius 3 is 2.52 bits per heavy atom. The molecular weight excluding hydrogens is 264 g/mol. The molecule has 0 unspecified atom stereocenters. The first-order valence-electron chi connectivity index (χ1n) is 6.95. The lowest BCUT2D eigenvalue weighted by Crippen LogP contribution is -2.27. The van der Waals surface area contributed by atoms with Crippen LogP contribution in [0.15, 0.2) is 36.5 Å². The van der Waals surface area contributed by atoms with Gasteiger partial charge in [0, 0.05) is 23.9 Å². The number of amides is 1. The molecule has 1 N–H and O–H groups in total. The number of likely N-dealkylation sites (N-methyl/N-ethyl adjacent to an activating group) is 1. The molecule has 0 aliphatic rings. The van der Waals surface area contributed by atoms with E-state index in [1.807, 2.05) is 56.3 Å². The van der Waals surface area contributed by atoms with Crippen LogP contribution in [0.3, 0.4) is 0 Å². The molecule has 1 aromatic carbocycles. The van der Waals surface area contributed by atoms with Crippen LogP contribution in [0.5, 0.6) is 0 Å². The van der Waals surface area contributed by atoms with Crippen molar-refractivity contribution in [1.82, 2.24) is 14.9 Å². The molecule has 5 heteroatoms. The van der Waals surface area contributed by atoms with Gasteiger partial charge < -0.3 is 10.2 Å². The molecule has 0 bridgehead atoms. The Kier molecular flexibility index (Phi) is 5.00. The SMILES string of the molecule is CCc1nccc(-c2ccc(NC(=O)CN(C)C)cc2)n1. The quantitative estimate of drug-likeness (QED) is 0.914. The topological polar surface area (TPSA) is 58.1 Å². The minimum absolute atomic E-state index is 0.0249. The Bertz CT molecular complexity index is 608. The van der Waals surface area contributed by atoms with Gasteiger partial charge >= 0.3 is 0 Å². The Morgan fingerprint density at radius 2 is 1.90 bits per heavy atom. The van der Waals surface area contributed by atoms with Gasteiger partial charge in [-0.25, -0.2) is 9.97 Å². The van der Waals surface area contributed by atoms with Gasteiger partial charge in [0.1, 0.15) is 5.82 Å². The van der Waals surface area contributed by atoms with Crippen molar-refractivity contribution >= 4 is 11.6 Å². The van der Waals surface area contributed by atoms with Gasteiger partial charge in [-0.2, -0.15) is 0 Å². The number of aryl methyl sites for hydroxylation is 1. The van der Waals surface area contributed by atoms with E-state index in [9.17, 15) is 4.79 Å². The van der Waals surface area contributed by atoms with E-state index in [2.05, 4.69) is 15.3 Å². The summed E-state index contributed by atoms with van der Waals surface area (Å²) in [5.74, 6) is 0.805. The van der Waals surface area contributed by atoms with Crippen LogP contribution in [0.1, 0.15) is 12.7 Å². The molecule has 0 spiro atoms. The highest BCUT2D eigenvalue weighted by Gasteiger charge is 2.05. The fourth-order valence-corrected chi connectivity index (χ4v) is 1.94. The highest BCUT2D eigenvalue weighted by molar-refractivity contribution is 5.92. The van der Waals surface area contributed by atoms with Crippen LogP contribution in [-0.2, 0) is 11.2 Å². The van der Waals surface area contributed by atoms with Crippen molar-refractivity contribution in [3.8, 4) is 11.3 Å². The normalized spacial score (nSPS) is 10.7. The molecule has 0 radical (unpaired) electrons. The zero-order chi connectivity index (χ0) is 15.2. The van der Waals surface area contributed by atoms with Crippen LogP contribution in [-0.4, -0.2) is 41.4 Å². The third-order valence-corrected chi connectivity index (χ3v) is 2.95. The summed E-state index contributed by atoms with van der Waals surface area (Å²) in [6, 6.07) is 9.56. The fraction of sp³-hybridized carbons (Fsp3) is 0.312. The molecule has 1 heterocycles. The van der Waals surface area contributed by atoms with Gasteiger partial charge in [0.2, 0.25) is 5.91 Å². The summed E-state index contributed by atoms with van der Waals surface area (Å²) in [7, 11) is 3.73. The second-order valence-corrected chi connectivity index (χ2v) is 5.07. The molecule has 0 saturated carbocycles. The minimum atomic E-state index is -0.0249. The van der Waals surface area contributed by atoms with Gasteiger partial charge in [-0.3, -0.25) is 4.79 Å². The molecule has 2 rings (SSSR count). The third kappa shape index (κ3) is 4.36. The highest BCUT2D eigenvalue weighted by Crippen LogP contribution is 2.19. The summed E-state index contributed by atoms with van der Waals surface area (Å²) in [4.78, 5) is 22.2. The molecule has 21 heavy (non-hydrogen) atoms. The number of rotatable bonds is 5. The lowest BCUT2D eigenvalue weighted by molar-refractivity contribution is -0.116. The summed E-state index contributed by atoms with van der Waals surface area (Å²) in [5, 5.41) is 2.86. The van der Waals surface area contributed by atoms with Crippen LogP contribution in [0.4, 0.5) is 5.69 Å². The molecule has 0 aliphatic carbocycles.